The van der Waals surface area contributed by atoms with Crippen molar-refractivity contribution in [3.63, 3.8) is 0 Å². The molecule has 3 heterocycles. The van der Waals surface area contributed by atoms with Gasteiger partial charge in [0.1, 0.15) is 5.82 Å². The summed E-state index contributed by atoms with van der Waals surface area (Å²) in [4.78, 5) is 21.0. The van der Waals surface area contributed by atoms with Crippen LogP contribution in [0.5, 0.6) is 0 Å². The number of anilines is 1. The standard InChI is InChI=1S/C17H17FN6O/c18-12-3-1-2-10(6-12)15-11(7-20-23-15)8-24-5-4-14-13(9-24)16(25)22-17(19)21-14/h1-3,6-7H,4-5,8-9H2,(H,20,23)(H3,19,21,22,25). The van der Waals surface area contributed by atoms with Gasteiger partial charge in [0.2, 0.25) is 5.95 Å². The van der Waals surface area contributed by atoms with Gasteiger partial charge in [-0.05, 0) is 12.1 Å². The third kappa shape index (κ3) is 3.03. The Labute approximate surface area is 142 Å². The number of fused-ring (bicyclic) bond motifs is 1. The van der Waals surface area contributed by atoms with Crippen LogP contribution in [0.2, 0.25) is 0 Å². The van der Waals surface area contributed by atoms with Gasteiger partial charge in [0, 0.05) is 37.2 Å². The van der Waals surface area contributed by atoms with Crippen LogP contribution in [0.4, 0.5) is 10.3 Å². The number of hydrogen-bond acceptors (Lipinski definition) is 5. The smallest absolute Gasteiger partial charge is 0.257 e. The van der Waals surface area contributed by atoms with Crippen molar-refractivity contribution in [2.75, 3.05) is 12.3 Å². The molecule has 0 aliphatic carbocycles. The first kappa shape index (κ1) is 15.5. The van der Waals surface area contributed by atoms with E-state index in [1.807, 2.05) is 6.07 Å². The Morgan fingerprint density at radius 3 is 3.08 bits per heavy atom. The monoisotopic (exact) mass is 340 g/mol. The molecule has 25 heavy (non-hydrogen) atoms. The van der Waals surface area contributed by atoms with Crippen LogP contribution in [0.1, 0.15) is 16.8 Å². The van der Waals surface area contributed by atoms with Gasteiger partial charge in [-0.3, -0.25) is 19.8 Å². The summed E-state index contributed by atoms with van der Waals surface area (Å²) in [7, 11) is 0. The Kier molecular flexibility index (Phi) is 3.81. The molecule has 0 saturated carbocycles. The van der Waals surface area contributed by atoms with Crippen molar-refractivity contribution >= 4 is 5.95 Å². The lowest BCUT2D eigenvalue weighted by Gasteiger charge is -2.27. The fraction of sp³-hybridized carbons (Fsp3) is 0.235. The summed E-state index contributed by atoms with van der Waals surface area (Å²) in [6.07, 6.45) is 2.40. The number of nitrogens with two attached hydrogens (primary N) is 1. The van der Waals surface area contributed by atoms with Gasteiger partial charge >= 0.3 is 0 Å². The molecule has 0 amide bonds. The van der Waals surface area contributed by atoms with Crippen molar-refractivity contribution in [1.82, 2.24) is 25.1 Å². The Bertz CT molecular complexity index is 979. The van der Waals surface area contributed by atoms with Gasteiger partial charge in [0.25, 0.3) is 5.56 Å². The molecule has 3 aromatic rings. The molecular weight excluding hydrogens is 323 g/mol. The summed E-state index contributed by atoms with van der Waals surface area (Å²) in [5, 5.41) is 7.03. The Hall–Kier alpha value is -3.00. The van der Waals surface area contributed by atoms with Gasteiger partial charge < -0.3 is 5.73 Å². The average Bonchev–Trinajstić information content (AvgIpc) is 3.03. The molecule has 1 aliphatic rings. The van der Waals surface area contributed by atoms with Crippen molar-refractivity contribution in [1.29, 1.82) is 0 Å². The Morgan fingerprint density at radius 2 is 2.24 bits per heavy atom. The van der Waals surface area contributed by atoms with Crippen LogP contribution < -0.4 is 11.3 Å². The molecule has 0 spiro atoms. The number of H-pyrrole nitrogens is 2. The van der Waals surface area contributed by atoms with Gasteiger partial charge in [0.05, 0.1) is 23.1 Å². The second-order valence-corrected chi connectivity index (χ2v) is 6.12. The molecule has 0 fully saturated rings. The molecule has 0 radical (unpaired) electrons. The van der Waals surface area contributed by atoms with Gasteiger partial charge in [0.15, 0.2) is 0 Å². The largest absolute Gasteiger partial charge is 0.369 e. The summed E-state index contributed by atoms with van der Waals surface area (Å²) in [6.45, 7) is 1.86. The molecule has 4 N–H and O–H groups in total. The SMILES string of the molecule is Nc1nc2c(c(=O)[nH]1)CN(Cc1cn[nH]c1-c1cccc(F)c1)CC2. The number of nitrogens with zero attached hydrogens (tertiary/aromatic N) is 3. The highest BCUT2D eigenvalue weighted by molar-refractivity contribution is 5.62. The number of halogens is 1. The van der Waals surface area contributed by atoms with E-state index in [4.69, 9.17) is 5.73 Å². The van der Waals surface area contributed by atoms with Gasteiger partial charge in [-0.25, -0.2) is 9.37 Å². The first-order valence-corrected chi connectivity index (χ1v) is 7.98. The van der Waals surface area contributed by atoms with Crippen LogP contribution in [0.25, 0.3) is 11.3 Å². The van der Waals surface area contributed by atoms with Crippen molar-refractivity contribution < 1.29 is 4.39 Å². The van der Waals surface area contributed by atoms with Crippen molar-refractivity contribution in [3.05, 3.63) is 63.5 Å². The molecule has 7 nitrogen and oxygen atoms in total. The van der Waals surface area contributed by atoms with Gasteiger partial charge in [-0.2, -0.15) is 5.10 Å². The zero-order valence-corrected chi connectivity index (χ0v) is 13.4. The van der Waals surface area contributed by atoms with Gasteiger partial charge in [-0.1, -0.05) is 12.1 Å². The van der Waals surface area contributed by atoms with E-state index in [-0.39, 0.29) is 17.3 Å². The molecule has 4 rings (SSSR count). The fourth-order valence-corrected chi connectivity index (χ4v) is 3.20. The summed E-state index contributed by atoms with van der Waals surface area (Å²) in [5.41, 5.74) is 9.31. The first-order chi connectivity index (χ1) is 12.1. The lowest BCUT2D eigenvalue weighted by atomic mass is 10.0. The number of aromatic amines is 2. The molecular formula is C17H17FN6O. The third-order valence-electron chi connectivity index (χ3n) is 4.39. The van der Waals surface area contributed by atoms with Crippen molar-refractivity contribution in [2.24, 2.45) is 0 Å². The third-order valence-corrected chi connectivity index (χ3v) is 4.39. The number of aromatic nitrogens is 4. The minimum Gasteiger partial charge on any atom is -0.369 e. The lowest BCUT2D eigenvalue weighted by molar-refractivity contribution is 0.242. The van der Waals surface area contributed by atoms with E-state index >= 15 is 0 Å². The summed E-state index contributed by atoms with van der Waals surface area (Å²) >= 11 is 0. The number of rotatable bonds is 3. The van der Waals surface area contributed by atoms with Gasteiger partial charge in [-0.15, -0.1) is 0 Å². The number of nitrogen functional groups attached to an aromatic ring is 1. The second-order valence-electron chi connectivity index (χ2n) is 6.12. The van der Waals surface area contributed by atoms with Crippen LogP contribution in [-0.4, -0.2) is 31.6 Å². The van der Waals surface area contributed by atoms with Crippen LogP contribution in [0.3, 0.4) is 0 Å². The van der Waals surface area contributed by atoms with E-state index in [0.717, 1.165) is 29.1 Å². The molecule has 2 aromatic heterocycles. The van der Waals surface area contributed by atoms with Crippen LogP contribution >= 0.6 is 0 Å². The lowest BCUT2D eigenvalue weighted by Crippen LogP contribution is -2.35. The maximum Gasteiger partial charge on any atom is 0.257 e. The molecule has 0 atom stereocenters. The zero-order chi connectivity index (χ0) is 17.4. The Balaban J connectivity index is 1.58. The molecule has 1 aliphatic heterocycles. The maximum atomic E-state index is 13.5. The van der Waals surface area contributed by atoms with E-state index in [0.29, 0.717) is 25.1 Å². The highest BCUT2D eigenvalue weighted by Gasteiger charge is 2.22. The van der Waals surface area contributed by atoms with Crippen LogP contribution in [0, 0.1) is 5.82 Å². The summed E-state index contributed by atoms with van der Waals surface area (Å²) < 4.78 is 13.5. The number of hydrogen-bond donors (Lipinski definition) is 3. The predicted octanol–water partition coefficient (Wildman–Crippen LogP) is 1.44. The molecule has 0 saturated heterocycles. The molecule has 1 aromatic carbocycles. The normalized spacial score (nSPS) is 14.4. The topological polar surface area (TPSA) is 104 Å². The highest BCUT2D eigenvalue weighted by Crippen LogP contribution is 2.24. The zero-order valence-electron chi connectivity index (χ0n) is 13.4. The van der Waals surface area contributed by atoms with Crippen molar-refractivity contribution in [3.8, 4) is 11.3 Å². The minimum atomic E-state index is -0.292. The van der Waals surface area contributed by atoms with Crippen LogP contribution in [0.15, 0.2) is 35.3 Å². The summed E-state index contributed by atoms with van der Waals surface area (Å²) in [5.74, 6) is -0.138. The van der Waals surface area contributed by atoms with Crippen LogP contribution in [-0.2, 0) is 19.5 Å². The van der Waals surface area contributed by atoms with E-state index in [9.17, 15) is 9.18 Å². The summed E-state index contributed by atoms with van der Waals surface area (Å²) in [6, 6.07) is 6.39. The van der Waals surface area contributed by atoms with E-state index < -0.39 is 0 Å². The minimum absolute atomic E-state index is 0.153. The molecule has 128 valence electrons. The quantitative estimate of drug-likeness (QED) is 0.669. The number of nitrogens with one attached hydrogen (secondary N) is 2. The average molecular weight is 340 g/mol. The number of benzene rings is 1. The van der Waals surface area contributed by atoms with E-state index in [1.54, 1.807) is 12.3 Å². The predicted molar refractivity (Wildman–Crippen MR) is 91.1 cm³/mol. The van der Waals surface area contributed by atoms with Crippen molar-refractivity contribution in [2.45, 2.75) is 19.5 Å². The first-order valence-electron chi connectivity index (χ1n) is 7.98. The highest BCUT2D eigenvalue weighted by atomic mass is 19.1. The second kappa shape index (κ2) is 6.14. The molecule has 0 bridgehead atoms. The Morgan fingerprint density at radius 1 is 1.36 bits per heavy atom. The molecule has 0 unspecified atom stereocenters. The maximum absolute atomic E-state index is 13.5. The molecule has 8 heteroatoms. The van der Waals surface area contributed by atoms with E-state index in [1.165, 1.54) is 12.1 Å². The fourth-order valence-electron chi connectivity index (χ4n) is 3.20. The van der Waals surface area contributed by atoms with E-state index in [2.05, 4.69) is 25.1 Å².